The molecule has 0 aliphatic heterocycles. The summed E-state index contributed by atoms with van der Waals surface area (Å²) in [4.78, 5) is 0. The van der Waals surface area contributed by atoms with Crippen molar-refractivity contribution in [2.75, 3.05) is 6.61 Å². The van der Waals surface area contributed by atoms with Gasteiger partial charge in [0.25, 0.3) is 0 Å². The summed E-state index contributed by atoms with van der Waals surface area (Å²) in [5, 5.41) is 9.23. The van der Waals surface area contributed by atoms with Crippen molar-refractivity contribution in [1.29, 1.82) is 0 Å². The lowest BCUT2D eigenvalue weighted by Crippen LogP contribution is -2.12. The molecule has 0 amide bonds. The number of hydrogen-bond acceptors (Lipinski definition) is 2. The lowest BCUT2D eigenvalue weighted by atomic mass is 10.1. The van der Waals surface area contributed by atoms with Crippen LogP contribution in [0.15, 0.2) is 0 Å². The lowest BCUT2D eigenvalue weighted by molar-refractivity contribution is 0.0414. The summed E-state index contributed by atoms with van der Waals surface area (Å²) in [5.74, 6) is 0.719. The molecule has 2 heteroatoms. The fraction of sp³-hybridized carbons (Fsp3) is 1.00. The molecule has 0 aromatic rings. The second kappa shape index (κ2) is 4.83. The summed E-state index contributed by atoms with van der Waals surface area (Å²) in [5.41, 5.74) is 0. The van der Waals surface area contributed by atoms with Gasteiger partial charge in [-0.15, -0.1) is 0 Å². The lowest BCUT2D eigenvalue weighted by Gasteiger charge is -2.12. The van der Waals surface area contributed by atoms with E-state index in [9.17, 15) is 5.11 Å². The van der Waals surface area contributed by atoms with Crippen molar-refractivity contribution in [2.45, 2.75) is 51.7 Å². The van der Waals surface area contributed by atoms with Crippen LogP contribution in [0.3, 0.4) is 0 Å². The SMILES string of the molecule is CC(C)CCOC1CCC(O)C1. The Kier molecular flexibility index (Phi) is 4.02. The van der Waals surface area contributed by atoms with Crippen LogP contribution in [0.5, 0.6) is 0 Å². The van der Waals surface area contributed by atoms with Crippen LogP contribution in [0.25, 0.3) is 0 Å². The van der Waals surface area contributed by atoms with Gasteiger partial charge in [-0.2, -0.15) is 0 Å². The Morgan fingerprint density at radius 3 is 2.67 bits per heavy atom. The molecule has 2 nitrogen and oxygen atoms in total. The monoisotopic (exact) mass is 172 g/mol. The van der Waals surface area contributed by atoms with Gasteiger partial charge < -0.3 is 9.84 Å². The Bertz CT molecular complexity index is 123. The Balaban J connectivity index is 2.00. The molecule has 0 bridgehead atoms. The van der Waals surface area contributed by atoms with Crippen LogP contribution in [0.4, 0.5) is 0 Å². The van der Waals surface area contributed by atoms with Gasteiger partial charge in [-0.3, -0.25) is 0 Å². The van der Waals surface area contributed by atoms with E-state index in [1.165, 1.54) is 0 Å². The van der Waals surface area contributed by atoms with Crippen molar-refractivity contribution >= 4 is 0 Å². The third-order valence-corrected chi connectivity index (χ3v) is 2.41. The molecule has 1 N–H and O–H groups in total. The summed E-state index contributed by atoms with van der Waals surface area (Å²) in [6.07, 6.45) is 4.17. The Morgan fingerprint density at radius 2 is 2.17 bits per heavy atom. The second-order valence-corrected chi connectivity index (χ2v) is 4.14. The Morgan fingerprint density at radius 1 is 1.42 bits per heavy atom. The van der Waals surface area contributed by atoms with Gasteiger partial charge in [0.05, 0.1) is 12.2 Å². The molecule has 72 valence electrons. The molecule has 1 saturated carbocycles. The van der Waals surface area contributed by atoms with E-state index < -0.39 is 0 Å². The average molecular weight is 172 g/mol. The van der Waals surface area contributed by atoms with Crippen LogP contribution in [0.1, 0.15) is 39.5 Å². The molecule has 1 aliphatic rings. The van der Waals surface area contributed by atoms with Crippen LogP contribution >= 0.6 is 0 Å². The molecule has 12 heavy (non-hydrogen) atoms. The first kappa shape index (κ1) is 10.0. The molecule has 0 aromatic carbocycles. The van der Waals surface area contributed by atoms with E-state index in [0.29, 0.717) is 6.10 Å². The third kappa shape index (κ3) is 3.55. The third-order valence-electron chi connectivity index (χ3n) is 2.41. The molecule has 2 atom stereocenters. The number of hydrogen-bond donors (Lipinski definition) is 1. The molecule has 1 fully saturated rings. The van der Waals surface area contributed by atoms with E-state index in [1.54, 1.807) is 0 Å². The molecule has 1 rings (SSSR count). The zero-order valence-electron chi connectivity index (χ0n) is 8.12. The zero-order chi connectivity index (χ0) is 8.97. The molecular weight excluding hydrogens is 152 g/mol. The minimum Gasteiger partial charge on any atom is -0.393 e. The molecule has 0 aromatic heterocycles. The van der Waals surface area contributed by atoms with Crippen LogP contribution < -0.4 is 0 Å². The van der Waals surface area contributed by atoms with Crippen LogP contribution in [0.2, 0.25) is 0 Å². The van der Waals surface area contributed by atoms with Crippen LogP contribution in [-0.4, -0.2) is 23.9 Å². The van der Waals surface area contributed by atoms with E-state index in [-0.39, 0.29) is 6.10 Å². The van der Waals surface area contributed by atoms with E-state index in [2.05, 4.69) is 13.8 Å². The summed E-state index contributed by atoms with van der Waals surface area (Å²) >= 11 is 0. The minimum absolute atomic E-state index is 0.103. The second-order valence-electron chi connectivity index (χ2n) is 4.14. The van der Waals surface area contributed by atoms with Crippen molar-refractivity contribution in [3.63, 3.8) is 0 Å². The average Bonchev–Trinajstić information content (AvgIpc) is 2.35. The van der Waals surface area contributed by atoms with Crippen molar-refractivity contribution in [2.24, 2.45) is 5.92 Å². The minimum atomic E-state index is -0.103. The summed E-state index contributed by atoms with van der Waals surface area (Å²) < 4.78 is 5.62. The number of aliphatic hydroxyl groups is 1. The first-order valence-corrected chi connectivity index (χ1v) is 4.98. The fourth-order valence-electron chi connectivity index (χ4n) is 1.54. The standard InChI is InChI=1S/C10H20O2/c1-8(2)5-6-12-10-4-3-9(11)7-10/h8-11H,3-7H2,1-2H3. The van der Waals surface area contributed by atoms with Gasteiger partial charge >= 0.3 is 0 Å². The van der Waals surface area contributed by atoms with Gasteiger partial charge in [-0.25, -0.2) is 0 Å². The van der Waals surface area contributed by atoms with E-state index >= 15 is 0 Å². The molecule has 2 unspecified atom stereocenters. The Labute approximate surface area is 74.9 Å². The summed E-state index contributed by atoms with van der Waals surface area (Å²) in [7, 11) is 0. The molecule has 0 spiro atoms. The van der Waals surface area contributed by atoms with Gasteiger partial charge in [0.1, 0.15) is 0 Å². The maximum atomic E-state index is 9.23. The van der Waals surface area contributed by atoms with Crippen LogP contribution in [-0.2, 0) is 4.74 Å². The van der Waals surface area contributed by atoms with Crippen molar-refractivity contribution < 1.29 is 9.84 Å². The van der Waals surface area contributed by atoms with E-state index in [4.69, 9.17) is 4.74 Å². The van der Waals surface area contributed by atoms with Gasteiger partial charge in [0.2, 0.25) is 0 Å². The van der Waals surface area contributed by atoms with Gasteiger partial charge in [0.15, 0.2) is 0 Å². The van der Waals surface area contributed by atoms with Gasteiger partial charge in [-0.1, -0.05) is 13.8 Å². The Hall–Kier alpha value is -0.0800. The van der Waals surface area contributed by atoms with Crippen molar-refractivity contribution in [3.05, 3.63) is 0 Å². The molecule has 1 aliphatic carbocycles. The number of rotatable bonds is 4. The highest BCUT2D eigenvalue weighted by molar-refractivity contribution is 4.74. The quantitative estimate of drug-likeness (QED) is 0.702. The highest BCUT2D eigenvalue weighted by Gasteiger charge is 2.22. The molecule has 0 heterocycles. The predicted molar refractivity (Wildman–Crippen MR) is 49.1 cm³/mol. The predicted octanol–water partition coefficient (Wildman–Crippen LogP) is 1.96. The first-order chi connectivity index (χ1) is 5.68. The number of aliphatic hydroxyl groups excluding tert-OH is 1. The topological polar surface area (TPSA) is 29.5 Å². The molecule has 0 radical (unpaired) electrons. The largest absolute Gasteiger partial charge is 0.393 e. The highest BCUT2D eigenvalue weighted by atomic mass is 16.5. The van der Waals surface area contributed by atoms with Gasteiger partial charge in [-0.05, 0) is 31.6 Å². The summed E-state index contributed by atoms with van der Waals surface area (Å²) in [6, 6.07) is 0. The van der Waals surface area contributed by atoms with E-state index in [0.717, 1.165) is 38.2 Å². The van der Waals surface area contributed by atoms with Crippen LogP contribution in [0, 0.1) is 5.92 Å². The van der Waals surface area contributed by atoms with Crippen molar-refractivity contribution in [3.8, 4) is 0 Å². The first-order valence-electron chi connectivity index (χ1n) is 4.98. The number of ether oxygens (including phenoxy) is 1. The maximum Gasteiger partial charge on any atom is 0.0600 e. The fourth-order valence-corrected chi connectivity index (χ4v) is 1.54. The summed E-state index contributed by atoms with van der Waals surface area (Å²) in [6.45, 7) is 5.26. The maximum absolute atomic E-state index is 9.23. The molecule has 0 saturated heterocycles. The van der Waals surface area contributed by atoms with Gasteiger partial charge in [0, 0.05) is 6.61 Å². The van der Waals surface area contributed by atoms with E-state index in [1.807, 2.05) is 0 Å². The molecular formula is C10H20O2. The normalized spacial score (nSPS) is 30.0. The smallest absolute Gasteiger partial charge is 0.0600 e. The van der Waals surface area contributed by atoms with Crippen molar-refractivity contribution in [1.82, 2.24) is 0 Å². The highest BCUT2D eigenvalue weighted by Crippen LogP contribution is 2.22. The zero-order valence-corrected chi connectivity index (χ0v) is 8.12.